The summed E-state index contributed by atoms with van der Waals surface area (Å²) >= 11 is 0. The number of likely N-dealkylation sites (N-methyl/N-ethyl adjacent to an activating group) is 1. The fourth-order valence-corrected chi connectivity index (χ4v) is 3.38. The summed E-state index contributed by atoms with van der Waals surface area (Å²) in [6.45, 7) is 4.19. The van der Waals surface area contributed by atoms with E-state index >= 15 is 0 Å². The van der Waals surface area contributed by atoms with E-state index in [1.807, 2.05) is 25.3 Å². The van der Waals surface area contributed by atoms with Crippen molar-refractivity contribution in [2.75, 3.05) is 33.5 Å². The molecule has 0 aliphatic rings. The average Bonchev–Trinajstić information content (AvgIpc) is 2.90. The summed E-state index contributed by atoms with van der Waals surface area (Å²) in [5.41, 5.74) is 1.91. The van der Waals surface area contributed by atoms with Crippen molar-refractivity contribution in [1.29, 1.82) is 0 Å². The minimum Gasteiger partial charge on any atom is -0.464 e. The van der Waals surface area contributed by atoms with Gasteiger partial charge >= 0.3 is 12.0 Å². The molecule has 0 bridgehead atoms. The number of pyridine rings is 1. The number of fused-ring (bicyclic) bond motifs is 1. The monoisotopic (exact) mass is 529 g/mol. The molecule has 9 nitrogen and oxygen atoms in total. The second-order valence-electron chi connectivity index (χ2n) is 8.82. The van der Waals surface area contributed by atoms with Crippen molar-refractivity contribution in [3.05, 3.63) is 77.4 Å². The van der Waals surface area contributed by atoms with E-state index in [1.54, 1.807) is 25.1 Å². The van der Waals surface area contributed by atoms with Gasteiger partial charge in [0.15, 0.2) is 0 Å². The molecule has 0 fully saturated rings. The van der Waals surface area contributed by atoms with Gasteiger partial charge < -0.3 is 29.9 Å². The lowest BCUT2D eigenvalue weighted by Crippen LogP contribution is -2.48. The molecular weight excluding hydrogens is 493 g/mol. The van der Waals surface area contributed by atoms with Gasteiger partial charge in [-0.2, -0.15) is 0 Å². The highest BCUT2D eigenvalue weighted by Gasteiger charge is 2.22. The Kier molecular flexibility index (Phi) is 12.6. The topological polar surface area (TPSA) is 121 Å². The Balaban J connectivity index is 0.000000377. The van der Waals surface area contributed by atoms with E-state index in [1.165, 1.54) is 29.6 Å². The lowest BCUT2D eigenvalue weighted by Gasteiger charge is -2.28. The predicted octanol–water partition coefficient (Wildman–Crippen LogP) is 3.12. The maximum atomic E-state index is 14.0. The summed E-state index contributed by atoms with van der Waals surface area (Å²) in [6.07, 6.45) is 0.868. The maximum Gasteiger partial charge on any atom is 0.317 e. The van der Waals surface area contributed by atoms with Gasteiger partial charge in [0.25, 0.3) is 0 Å². The molecule has 2 amide bonds. The van der Waals surface area contributed by atoms with Crippen LogP contribution in [0.5, 0.6) is 0 Å². The van der Waals surface area contributed by atoms with E-state index in [9.17, 15) is 19.1 Å². The number of benzene rings is 2. The van der Waals surface area contributed by atoms with Gasteiger partial charge in [-0.05, 0) is 30.9 Å². The third-order valence-corrected chi connectivity index (χ3v) is 5.65. The number of urea groups is 1. The van der Waals surface area contributed by atoms with Crippen molar-refractivity contribution >= 4 is 22.8 Å². The molecule has 206 valence electrons. The molecule has 0 saturated heterocycles. The van der Waals surface area contributed by atoms with E-state index < -0.39 is 30.8 Å². The third kappa shape index (κ3) is 10.0. The number of hydrogen-bond donors (Lipinski definition) is 3. The highest BCUT2D eigenvalue weighted by atomic mass is 19.1. The molecular formula is C28H36FN3O6. The highest BCUT2D eigenvalue weighted by molar-refractivity contribution is 5.81. The van der Waals surface area contributed by atoms with Crippen molar-refractivity contribution in [2.24, 2.45) is 0 Å². The number of hydrogen-bond acceptors (Lipinski definition) is 7. The van der Waals surface area contributed by atoms with E-state index in [-0.39, 0.29) is 32.2 Å². The Morgan fingerprint density at radius 3 is 2.47 bits per heavy atom. The quantitative estimate of drug-likeness (QED) is 0.345. The summed E-state index contributed by atoms with van der Waals surface area (Å²) in [7, 11) is 1.49. The average molecular weight is 530 g/mol. The molecule has 0 spiro atoms. The molecule has 0 radical (unpaired) electrons. The van der Waals surface area contributed by atoms with Crippen molar-refractivity contribution in [3.63, 3.8) is 0 Å². The van der Waals surface area contributed by atoms with Crippen LogP contribution < -0.4 is 5.32 Å². The van der Waals surface area contributed by atoms with Crippen molar-refractivity contribution < 1.29 is 33.7 Å². The van der Waals surface area contributed by atoms with Crippen LogP contribution in [0.2, 0.25) is 0 Å². The molecule has 10 heteroatoms. The zero-order valence-electron chi connectivity index (χ0n) is 22.2. The van der Waals surface area contributed by atoms with Gasteiger partial charge in [-0.25, -0.2) is 9.18 Å². The minimum atomic E-state index is -1.04. The van der Waals surface area contributed by atoms with Gasteiger partial charge in [0.05, 0.1) is 25.9 Å². The predicted molar refractivity (Wildman–Crippen MR) is 142 cm³/mol. The largest absolute Gasteiger partial charge is 0.464 e. The van der Waals surface area contributed by atoms with Gasteiger partial charge in [-0.3, -0.25) is 9.78 Å². The Bertz CT molecular complexity index is 1190. The van der Waals surface area contributed by atoms with Gasteiger partial charge in [-0.1, -0.05) is 42.5 Å². The normalized spacial score (nSPS) is 12.2. The number of aliphatic hydroxyl groups is 2. The molecule has 3 N–H and O–H groups in total. The zero-order valence-corrected chi connectivity index (χ0v) is 22.2. The van der Waals surface area contributed by atoms with E-state index in [4.69, 9.17) is 14.6 Å². The third-order valence-electron chi connectivity index (χ3n) is 5.65. The first kappa shape index (κ1) is 30.6. The summed E-state index contributed by atoms with van der Waals surface area (Å²) in [6, 6.07) is 14.1. The van der Waals surface area contributed by atoms with Crippen LogP contribution in [0.1, 0.15) is 23.7 Å². The molecule has 3 rings (SSSR count). The highest BCUT2D eigenvalue weighted by Crippen LogP contribution is 2.13. The van der Waals surface area contributed by atoms with Crippen LogP contribution in [-0.4, -0.2) is 77.7 Å². The lowest BCUT2D eigenvalue weighted by molar-refractivity contribution is -0.143. The number of halogens is 1. The summed E-state index contributed by atoms with van der Waals surface area (Å²) < 4.78 is 24.2. The van der Waals surface area contributed by atoms with Crippen molar-refractivity contribution in [1.82, 2.24) is 15.2 Å². The molecule has 1 aromatic heterocycles. The van der Waals surface area contributed by atoms with Crippen LogP contribution in [-0.2, 0) is 20.8 Å². The fourth-order valence-electron chi connectivity index (χ4n) is 3.38. The maximum absolute atomic E-state index is 14.0. The molecule has 0 saturated carbocycles. The smallest absolute Gasteiger partial charge is 0.317 e. The lowest BCUT2D eigenvalue weighted by atomic mass is 10.1. The van der Waals surface area contributed by atoms with Crippen LogP contribution in [0.4, 0.5) is 9.18 Å². The SMILES string of the molecule is CC(=O)OCC(COCC(O)CO)N(C)C(=O)NCc1cccc(C)c1F.Cc1cc2ccccc2cn1. The first-order valence-electron chi connectivity index (χ1n) is 12.2. The number of carbonyl (C=O) groups is 2. The Morgan fingerprint density at radius 1 is 1.08 bits per heavy atom. The van der Waals surface area contributed by atoms with Crippen LogP contribution in [0, 0.1) is 19.7 Å². The van der Waals surface area contributed by atoms with E-state index in [0.29, 0.717) is 11.1 Å². The standard InChI is InChI=1S/C18H27FN2O6.C10H9N/c1-12-5-4-6-14(17(12)19)7-20-18(25)21(3)15(10-27-13(2)23)9-26-11-16(24)8-22;1-8-6-9-4-2-3-5-10(9)7-11-8/h4-6,15-16,22,24H,7-11H2,1-3H3,(H,20,25);2-7H,1H3. The molecule has 0 aliphatic carbocycles. The molecule has 38 heavy (non-hydrogen) atoms. The number of esters is 1. The van der Waals surface area contributed by atoms with Crippen molar-refractivity contribution in [2.45, 2.75) is 39.5 Å². The molecule has 1 heterocycles. The van der Waals surface area contributed by atoms with Gasteiger partial charge in [0.2, 0.25) is 0 Å². The molecule has 2 aromatic carbocycles. The number of aryl methyl sites for hydroxylation is 2. The van der Waals surface area contributed by atoms with Gasteiger partial charge in [0.1, 0.15) is 18.5 Å². The Labute approximate surface area is 222 Å². The summed E-state index contributed by atoms with van der Waals surface area (Å²) in [4.78, 5) is 28.9. The molecule has 3 aromatic rings. The molecule has 2 atom stereocenters. The number of carbonyl (C=O) groups excluding carboxylic acids is 2. The van der Waals surface area contributed by atoms with Gasteiger partial charge in [0, 0.05) is 43.4 Å². The van der Waals surface area contributed by atoms with Crippen LogP contribution in [0.3, 0.4) is 0 Å². The first-order chi connectivity index (χ1) is 18.1. The van der Waals surface area contributed by atoms with Crippen molar-refractivity contribution in [3.8, 4) is 0 Å². The number of amides is 2. The van der Waals surface area contributed by atoms with E-state index in [0.717, 1.165) is 5.69 Å². The van der Waals surface area contributed by atoms with Gasteiger partial charge in [-0.15, -0.1) is 0 Å². The number of ether oxygens (including phenoxy) is 2. The number of nitrogens with one attached hydrogen (secondary N) is 1. The molecule has 0 aliphatic heterocycles. The second-order valence-corrected chi connectivity index (χ2v) is 8.82. The number of rotatable bonds is 10. The number of nitrogens with zero attached hydrogens (tertiary/aromatic N) is 2. The second kappa shape index (κ2) is 15.6. The van der Waals surface area contributed by atoms with Crippen LogP contribution in [0.15, 0.2) is 54.7 Å². The van der Waals surface area contributed by atoms with Crippen LogP contribution in [0.25, 0.3) is 10.8 Å². The molecule has 2 unspecified atom stereocenters. The van der Waals surface area contributed by atoms with Crippen LogP contribution >= 0.6 is 0 Å². The Hall–Kier alpha value is -3.60. The summed E-state index contributed by atoms with van der Waals surface area (Å²) in [5.74, 6) is -0.885. The Morgan fingerprint density at radius 2 is 1.79 bits per heavy atom. The zero-order chi connectivity index (χ0) is 28.1. The van der Waals surface area contributed by atoms with E-state index in [2.05, 4.69) is 28.5 Å². The fraction of sp³-hybridized carbons (Fsp3) is 0.393. The summed E-state index contributed by atoms with van der Waals surface area (Å²) in [5, 5.41) is 23.2. The number of aliphatic hydroxyl groups excluding tert-OH is 2. The number of aromatic nitrogens is 1. The first-order valence-corrected chi connectivity index (χ1v) is 12.2. The minimum absolute atomic E-state index is 0.00105.